The smallest absolute Gasteiger partial charge is 0.0297 e. The van der Waals surface area contributed by atoms with Crippen LogP contribution in [0.4, 0.5) is 0 Å². The molecule has 0 radical (unpaired) electrons. The van der Waals surface area contributed by atoms with E-state index in [4.69, 9.17) is 0 Å². The molecule has 2 rings (SSSR count). The first-order chi connectivity index (χ1) is 6.77. The molecule has 1 heterocycles. The number of benzene rings is 1. The molecule has 1 unspecified atom stereocenters. The molecule has 0 aliphatic carbocycles. The number of hydrogen-bond acceptors (Lipinski definition) is 2. The number of thioether (sulfide) groups is 1. The third-order valence-corrected chi connectivity index (χ3v) is 4.05. The highest BCUT2D eigenvalue weighted by Gasteiger charge is 2.20. The van der Waals surface area contributed by atoms with Crippen molar-refractivity contribution in [3.05, 3.63) is 35.4 Å². The summed E-state index contributed by atoms with van der Waals surface area (Å²) in [5.74, 6) is 2.55. The van der Waals surface area contributed by atoms with Crippen molar-refractivity contribution >= 4 is 11.8 Å². The van der Waals surface area contributed by atoms with Crippen LogP contribution >= 0.6 is 11.8 Å². The Morgan fingerprint density at radius 2 is 2.07 bits per heavy atom. The Morgan fingerprint density at radius 1 is 1.36 bits per heavy atom. The molecule has 1 fully saturated rings. The quantitative estimate of drug-likeness (QED) is 0.818. The Bertz CT molecular complexity index is 307. The van der Waals surface area contributed by atoms with E-state index in [1.165, 1.54) is 22.6 Å². The Morgan fingerprint density at radius 3 is 2.64 bits per heavy atom. The van der Waals surface area contributed by atoms with Gasteiger partial charge in [0, 0.05) is 23.6 Å². The van der Waals surface area contributed by atoms with E-state index in [1.54, 1.807) is 0 Å². The van der Waals surface area contributed by atoms with E-state index < -0.39 is 0 Å². The van der Waals surface area contributed by atoms with Crippen LogP contribution < -0.4 is 5.32 Å². The van der Waals surface area contributed by atoms with Crippen LogP contribution in [0.1, 0.15) is 24.1 Å². The predicted molar refractivity (Wildman–Crippen MR) is 63.8 cm³/mol. The first kappa shape index (κ1) is 10.1. The lowest BCUT2D eigenvalue weighted by Gasteiger charge is -2.30. The molecule has 1 aromatic carbocycles. The summed E-state index contributed by atoms with van der Waals surface area (Å²) >= 11 is 2.02. The van der Waals surface area contributed by atoms with E-state index in [0.29, 0.717) is 6.04 Å². The van der Waals surface area contributed by atoms with Crippen molar-refractivity contribution in [2.24, 2.45) is 0 Å². The van der Waals surface area contributed by atoms with E-state index in [1.807, 2.05) is 11.8 Å². The van der Waals surface area contributed by atoms with Gasteiger partial charge in [0.2, 0.25) is 0 Å². The van der Waals surface area contributed by atoms with Crippen LogP contribution in [-0.2, 0) is 0 Å². The Hall–Kier alpha value is -0.470. The lowest BCUT2D eigenvalue weighted by Crippen LogP contribution is -2.41. The highest BCUT2D eigenvalue weighted by molar-refractivity contribution is 8.00. The van der Waals surface area contributed by atoms with E-state index in [9.17, 15) is 0 Å². The average molecular weight is 207 g/mol. The summed E-state index contributed by atoms with van der Waals surface area (Å²) in [5.41, 5.74) is 2.82. The number of rotatable bonds is 3. The van der Waals surface area contributed by atoms with Crippen LogP contribution in [0.2, 0.25) is 0 Å². The lowest BCUT2D eigenvalue weighted by molar-refractivity contribution is 0.501. The second-order valence-electron chi connectivity index (χ2n) is 3.98. The summed E-state index contributed by atoms with van der Waals surface area (Å²) in [4.78, 5) is 0. The van der Waals surface area contributed by atoms with Gasteiger partial charge in [-0.05, 0) is 25.0 Å². The normalized spacial score (nSPS) is 19.0. The van der Waals surface area contributed by atoms with E-state index in [0.717, 1.165) is 6.04 Å². The molecule has 1 atom stereocenters. The van der Waals surface area contributed by atoms with Crippen molar-refractivity contribution in [1.82, 2.24) is 5.32 Å². The topological polar surface area (TPSA) is 12.0 Å². The molecule has 0 amide bonds. The van der Waals surface area contributed by atoms with Gasteiger partial charge in [0.15, 0.2) is 0 Å². The summed E-state index contributed by atoms with van der Waals surface area (Å²) in [6.45, 7) is 4.44. The van der Waals surface area contributed by atoms with Crippen molar-refractivity contribution in [1.29, 1.82) is 0 Å². The maximum atomic E-state index is 3.65. The third-order valence-electron chi connectivity index (χ3n) is 2.78. The van der Waals surface area contributed by atoms with Gasteiger partial charge in [-0.15, -0.1) is 0 Å². The van der Waals surface area contributed by atoms with Crippen LogP contribution in [0, 0.1) is 6.92 Å². The Labute approximate surface area is 90.3 Å². The van der Waals surface area contributed by atoms with Gasteiger partial charge in [0.05, 0.1) is 0 Å². The van der Waals surface area contributed by atoms with Gasteiger partial charge in [-0.25, -0.2) is 0 Å². The molecule has 1 saturated heterocycles. The second kappa shape index (κ2) is 4.37. The van der Waals surface area contributed by atoms with Gasteiger partial charge in [-0.2, -0.15) is 11.8 Å². The minimum atomic E-state index is 0.488. The molecule has 1 aliphatic heterocycles. The molecule has 14 heavy (non-hydrogen) atoms. The van der Waals surface area contributed by atoms with Gasteiger partial charge >= 0.3 is 0 Å². The molecule has 76 valence electrons. The van der Waals surface area contributed by atoms with Crippen molar-refractivity contribution in [3.63, 3.8) is 0 Å². The fourth-order valence-corrected chi connectivity index (χ4v) is 2.51. The van der Waals surface area contributed by atoms with Crippen LogP contribution in [0.3, 0.4) is 0 Å². The molecule has 0 aromatic heterocycles. The van der Waals surface area contributed by atoms with Crippen molar-refractivity contribution in [2.45, 2.75) is 25.9 Å². The Balaban J connectivity index is 2.02. The zero-order valence-electron chi connectivity index (χ0n) is 8.79. The molecule has 0 saturated carbocycles. The summed E-state index contributed by atoms with van der Waals surface area (Å²) in [7, 11) is 0. The molecule has 2 heteroatoms. The molecule has 1 nitrogen and oxygen atoms in total. The monoisotopic (exact) mass is 207 g/mol. The average Bonchev–Trinajstić information content (AvgIpc) is 2.12. The number of hydrogen-bond donors (Lipinski definition) is 1. The summed E-state index contributed by atoms with van der Waals surface area (Å²) in [5, 5.41) is 3.65. The number of aryl methyl sites for hydroxylation is 1. The molecule has 0 spiro atoms. The first-order valence-corrected chi connectivity index (χ1v) is 6.32. The molecule has 1 aromatic rings. The summed E-state index contributed by atoms with van der Waals surface area (Å²) in [6, 6.07) is 9.85. The minimum absolute atomic E-state index is 0.488. The zero-order valence-corrected chi connectivity index (χ0v) is 9.60. The number of nitrogens with one attached hydrogen (secondary N) is 1. The molecular weight excluding hydrogens is 190 g/mol. The lowest BCUT2D eigenvalue weighted by atomic mass is 10.0. The second-order valence-corrected chi connectivity index (χ2v) is 5.05. The largest absolute Gasteiger partial charge is 0.306 e. The molecular formula is C12H17NS. The first-order valence-electron chi connectivity index (χ1n) is 5.16. The van der Waals surface area contributed by atoms with Crippen LogP contribution in [0.5, 0.6) is 0 Å². The fraction of sp³-hybridized carbons (Fsp3) is 0.500. The van der Waals surface area contributed by atoms with Crippen molar-refractivity contribution < 1.29 is 0 Å². The van der Waals surface area contributed by atoms with E-state index in [-0.39, 0.29) is 0 Å². The maximum absolute atomic E-state index is 3.65. The minimum Gasteiger partial charge on any atom is -0.306 e. The third kappa shape index (κ3) is 2.12. The summed E-state index contributed by atoms with van der Waals surface area (Å²) in [6.07, 6.45) is 0. The fourth-order valence-electron chi connectivity index (χ4n) is 1.85. The van der Waals surface area contributed by atoms with Gasteiger partial charge in [0.25, 0.3) is 0 Å². The molecule has 1 N–H and O–H groups in total. The SMILES string of the molecule is Cc1ccccc1C(C)NC1CSC1. The highest BCUT2D eigenvalue weighted by Crippen LogP contribution is 2.23. The van der Waals surface area contributed by atoms with E-state index in [2.05, 4.69) is 43.4 Å². The highest BCUT2D eigenvalue weighted by atomic mass is 32.2. The van der Waals surface area contributed by atoms with Gasteiger partial charge in [-0.3, -0.25) is 0 Å². The predicted octanol–water partition coefficient (Wildman–Crippen LogP) is 2.76. The van der Waals surface area contributed by atoms with Crippen LogP contribution in [-0.4, -0.2) is 17.5 Å². The van der Waals surface area contributed by atoms with Crippen molar-refractivity contribution in [3.8, 4) is 0 Å². The van der Waals surface area contributed by atoms with E-state index >= 15 is 0 Å². The standard InChI is InChI=1S/C12H17NS/c1-9-5-3-4-6-12(9)10(2)13-11-7-14-8-11/h3-6,10-11,13H,7-8H2,1-2H3. The van der Waals surface area contributed by atoms with Crippen molar-refractivity contribution in [2.75, 3.05) is 11.5 Å². The van der Waals surface area contributed by atoms with Crippen LogP contribution in [0.25, 0.3) is 0 Å². The molecule has 1 aliphatic rings. The maximum Gasteiger partial charge on any atom is 0.0297 e. The van der Waals surface area contributed by atoms with Gasteiger partial charge < -0.3 is 5.32 Å². The van der Waals surface area contributed by atoms with Crippen LogP contribution in [0.15, 0.2) is 24.3 Å². The molecule has 0 bridgehead atoms. The van der Waals surface area contributed by atoms with Gasteiger partial charge in [0.1, 0.15) is 0 Å². The summed E-state index contributed by atoms with van der Waals surface area (Å²) < 4.78 is 0. The zero-order chi connectivity index (χ0) is 9.97. The Kier molecular flexibility index (Phi) is 3.14. The van der Waals surface area contributed by atoms with Gasteiger partial charge in [-0.1, -0.05) is 24.3 Å².